The molecule has 0 unspecified atom stereocenters. The van der Waals surface area contributed by atoms with Crippen molar-refractivity contribution >= 4 is 15.9 Å². The van der Waals surface area contributed by atoms with E-state index in [2.05, 4.69) is 54.4 Å². The van der Waals surface area contributed by atoms with Crippen molar-refractivity contribution in [1.29, 1.82) is 0 Å². The van der Waals surface area contributed by atoms with Crippen LogP contribution in [0.4, 0.5) is 0 Å². The molecule has 1 atom stereocenters. The molecule has 2 nitrogen and oxygen atoms in total. The molecule has 1 aromatic carbocycles. The molecule has 126 valence electrons. The van der Waals surface area contributed by atoms with Gasteiger partial charge in [0.2, 0.25) is 0 Å². The molecule has 0 aliphatic rings. The summed E-state index contributed by atoms with van der Waals surface area (Å²) in [5, 5.41) is 10.2. The number of halogens is 1. The summed E-state index contributed by atoms with van der Waals surface area (Å²) < 4.78 is 1.02. The maximum atomic E-state index is 10.2. The first kappa shape index (κ1) is 19.9. The van der Waals surface area contributed by atoms with Crippen LogP contribution in [0.5, 0.6) is 0 Å². The Hall–Kier alpha value is -1.16. The Morgan fingerprint density at radius 2 is 1.91 bits per heavy atom. The molecular weight excluding hydrogens is 350 g/mol. The van der Waals surface area contributed by atoms with E-state index < -0.39 is 6.10 Å². The third-order valence-corrected chi connectivity index (χ3v) is 4.17. The minimum atomic E-state index is -0.535. The average molecular weight is 378 g/mol. The lowest BCUT2D eigenvalue weighted by atomic mass is 10.0. The van der Waals surface area contributed by atoms with Crippen LogP contribution in [-0.4, -0.2) is 30.1 Å². The van der Waals surface area contributed by atoms with Gasteiger partial charge in [0.05, 0.1) is 6.10 Å². The summed E-state index contributed by atoms with van der Waals surface area (Å²) in [7, 11) is 2.10. The van der Waals surface area contributed by atoms with Crippen LogP contribution in [0.3, 0.4) is 0 Å². The number of allylic oxidation sites excluding steroid dienone is 2. The van der Waals surface area contributed by atoms with E-state index >= 15 is 0 Å². The normalized spacial score (nSPS) is 14.2. The summed E-state index contributed by atoms with van der Waals surface area (Å²) in [6, 6.07) is 7.79. The van der Waals surface area contributed by atoms with Crippen molar-refractivity contribution < 1.29 is 5.11 Å². The molecule has 0 heterocycles. The van der Waals surface area contributed by atoms with Gasteiger partial charge in [0.1, 0.15) is 0 Å². The summed E-state index contributed by atoms with van der Waals surface area (Å²) in [5.41, 5.74) is 3.50. The first-order chi connectivity index (χ1) is 10.9. The zero-order chi connectivity index (χ0) is 17.2. The van der Waals surface area contributed by atoms with E-state index in [1.165, 1.54) is 11.1 Å². The number of aliphatic hydroxyl groups is 1. The van der Waals surface area contributed by atoms with Crippen molar-refractivity contribution in [1.82, 2.24) is 4.90 Å². The second kappa shape index (κ2) is 10.6. The first-order valence-corrected chi connectivity index (χ1v) is 8.77. The molecule has 1 rings (SSSR count). The Bertz CT molecular complexity index is 545. The molecule has 1 N–H and O–H groups in total. The van der Waals surface area contributed by atoms with E-state index in [-0.39, 0.29) is 0 Å². The van der Waals surface area contributed by atoms with E-state index in [0.717, 1.165) is 36.0 Å². The predicted molar refractivity (Wildman–Crippen MR) is 104 cm³/mol. The highest BCUT2D eigenvalue weighted by Gasteiger charge is 2.04. The van der Waals surface area contributed by atoms with Gasteiger partial charge < -0.3 is 5.11 Å². The predicted octanol–water partition coefficient (Wildman–Crippen LogP) is 5.27. The lowest BCUT2D eigenvalue weighted by Gasteiger charge is -2.14. The summed E-state index contributed by atoms with van der Waals surface area (Å²) in [4.78, 5) is 2.23. The minimum Gasteiger partial charge on any atom is -0.384 e. The molecule has 0 amide bonds. The molecule has 1 aromatic rings. The second-order valence-electron chi connectivity index (χ2n) is 6.08. The van der Waals surface area contributed by atoms with E-state index in [1.54, 1.807) is 0 Å². The van der Waals surface area contributed by atoms with Crippen LogP contribution in [0.2, 0.25) is 0 Å². The Labute approximate surface area is 149 Å². The minimum absolute atomic E-state index is 0.535. The van der Waals surface area contributed by atoms with Gasteiger partial charge in [-0.15, -0.1) is 6.58 Å². The number of nitrogens with zero attached hydrogens (tertiary/aromatic N) is 1. The molecule has 0 saturated heterocycles. The van der Waals surface area contributed by atoms with Crippen LogP contribution >= 0.6 is 15.9 Å². The maximum absolute atomic E-state index is 10.2. The molecule has 0 bridgehead atoms. The number of rotatable bonds is 9. The van der Waals surface area contributed by atoms with E-state index in [0.29, 0.717) is 0 Å². The van der Waals surface area contributed by atoms with Gasteiger partial charge in [0.15, 0.2) is 0 Å². The van der Waals surface area contributed by atoms with E-state index in [4.69, 9.17) is 0 Å². The third-order valence-electron chi connectivity index (χ3n) is 3.65. The summed E-state index contributed by atoms with van der Waals surface area (Å²) >= 11 is 3.41. The lowest BCUT2D eigenvalue weighted by molar-refractivity contribution is 0.227. The van der Waals surface area contributed by atoms with Crippen LogP contribution in [0.15, 0.2) is 64.7 Å². The van der Waals surface area contributed by atoms with Gasteiger partial charge in [-0.1, -0.05) is 57.4 Å². The van der Waals surface area contributed by atoms with E-state index in [9.17, 15) is 5.11 Å². The van der Waals surface area contributed by atoms with Crippen molar-refractivity contribution in [3.8, 4) is 0 Å². The van der Waals surface area contributed by atoms with Gasteiger partial charge >= 0.3 is 0 Å². The Balaban J connectivity index is 2.47. The maximum Gasteiger partial charge on any atom is 0.0974 e. The third kappa shape index (κ3) is 8.31. The standard InChI is InChI=1S/C20H28BrNO/c1-5-13-22(4)15-17(3)8-6-7-16(2)14-20(23)18-9-11-19(21)12-10-18/h5,8-12,14,20,23H,1,6-7,13,15H2,2-4H3/b16-14+,17-8+/t20-/m0/s1. The van der Waals surface area contributed by atoms with E-state index in [1.807, 2.05) is 36.4 Å². The highest BCUT2D eigenvalue weighted by Crippen LogP contribution is 2.20. The number of aliphatic hydroxyl groups excluding tert-OH is 1. The summed E-state index contributed by atoms with van der Waals surface area (Å²) in [5.74, 6) is 0. The van der Waals surface area contributed by atoms with Crippen molar-refractivity contribution in [2.24, 2.45) is 0 Å². The number of benzene rings is 1. The summed E-state index contributed by atoms with van der Waals surface area (Å²) in [6.07, 6.45) is 7.58. The molecule has 0 aliphatic heterocycles. The van der Waals surface area contributed by atoms with Gasteiger partial charge in [-0.05, 0) is 51.4 Å². The van der Waals surface area contributed by atoms with Crippen LogP contribution in [-0.2, 0) is 0 Å². The van der Waals surface area contributed by atoms with Crippen LogP contribution < -0.4 is 0 Å². The van der Waals surface area contributed by atoms with Gasteiger partial charge in [-0.3, -0.25) is 4.90 Å². The average Bonchev–Trinajstić information content (AvgIpc) is 2.47. The number of hydrogen-bond donors (Lipinski definition) is 1. The highest BCUT2D eigenvalue weighted by atomic mass is 79.9. The fourth-order valence-corrected chi connectivity index (χ4v) is 2.69. The molecule has 0 saturated carbocycles. The fourth-order valence-electron chi connectivity index (χ4n) is 2.43. The number of likely N-dealkylation sites (N-methyl/N-ethyl adjacent to an activating group) is 1. The molecule has 0 aliphatic carbocycles. The molecule has 23 heavy (non-hydrogen) atoms. The van der Waals surface area contributed by atoms with Crippen molar-refractivity contribution in [2.75, 3.05) is 20.1 Å². The molecule has 0 fully saturated rings. The topological polar surface area (TPSA) is 23.5 Å². The van der Waals surface area contributed by atoms with Crippen molar-refractivity contribution in [3.05, 3.63) is 70.3 Å². The number of hydrogen-bond acceptors (Lipinski definition) is 2. The molecule has 0 radical (unpaired) electrons. The zero-order valence-corrected chi connectivity index (χ0v) is 16.0. The van der Waals surface area contributed by atoms with Crippen molar-refractivity contribution in [3.63, 3.8) is 0 Å². The van der Waals surface area contributed by atoms with Gasteiger partial charge in [-0.25, -0.2) is 0 Å². The first-order valence-electron chi connectivity index (χ1n) is 7.98. The Morgan fingerprint density at radius 3 is 2.52 bits per heavy atom. The zero-order valence-electron chi connectivity index (χ0n) is 14.4. The molecule has 0 spiro atoms. The SMILES string of the molecule is C=CCN(C)C/C(C)=C/CC/C(C)=C/[C@H](O)c1ccc(Br)cc1. The Morgan fingerprint density at radius 1 is 1.26 bits per heavy atom. The van der Waals surface area contributed by atoms with Crippen molar-refractivity contribution in [2.45, 2.75) is 32.8 Å². The second-order valence-corrected chi connectivity index (χ2v) is 7.00. The fraction of sp³-hybridized carbons (Fsp3) is 0.400. The van der Waals surface area contributed by atoms with Gasteiger partial charge in [-0.2, -0.15) is 0 Å². The van der Waals surface area contributed by atoms with Crippen LogP contribution in [0.25, 0.3) is 0 Å². The lowest BCUT2D eigenvalue weighted by Crippen LogP contribution is -2.20. The highest BCUT2D eigenvalue weighted by molar-refractivity contribution is 9.10. The monoisotopic (exact) mass is 377 g/mol. The van der Waals surface area contributed by atoms with Gasteiger partial charge in [0, 0.05) is 17.6 Å². The van der Waals surface area contributed by atoms with Crippen LogP contribution in [0, 0.1) is 0 Å². The molecule has 0 aromatic heterocycles. The smallest absolute Gasteiger partial charge is 0.0974 e. The molecule has 3 heteroatoms. The summed E-state index contributed by atoms with van der Waals surface area (Å²) in [6.45, 7) is 9.87. The van der Waals surface area contributed by atoms with Gasteiger partial charge in [0.25, 0.3) is 0 Å². The molecular formula is C20H28BrNO. The van der Waals surface area contributed by atoms with Crippen LogP contribution in [0.1, 0.15) is 38.4 Å². The Kier molecular flexibility index (Phi) is 9.15. The quantitative estimate of drug-likeness (QED) is 0.592. The largest absolute Gasteiger partial charge is 0.384 e.